The Morgan fingerprint density at radius 2 is 2.04 bits per heavy atom. The van der Waals surface area contributed by atoms with Crippen LogP contribution in [0, 0.1) is 0 Å². The van der Waals surface area contributed by atoms with Gasteiger partial charge >= 0.3 is 6.61 Å². The van der Waals surface area contributed by atoms with Gasteiger partial charge in [0.15, 0.2) is 5.11 Å². The maximum absolute atomic E-state index is 12.3. The summed E-state index contributed by atoms with van der Waals surface area (Å²) in [6.45, 7) is -2.96. The second-order valence-electron chi connectivity index (χ2n) is 4.17. The molecule has 1 heterocycles. The molecular formula is C15H12F2N2O3S. The molecule has 5 nitrogen and oxygen atoms in total. The van der Waals surface area contributed by atoms with Gasteiger partial charge in [0, 0.05) is 6.08 Å². The number of amides is 1. The quantitative estimate of drug-likeness (QED) is 0.646. The lowest BCUT2D eigenvalue weighted by Crippen LogP contribution is -2.33. The SMILES string of the molecule is O=C(C=Cc1ccco1)NC(=S)Nc1ccccc1OC(F)F. The predicted octanol–water partition coefficient (Wildman–Crippen LogP) is 3.41. The van der Waals surface area contributed by atoms with Crippen molar-refractivity contribution in [1.29, 1.82) is 0 Å². The highest BCUT2D eigenvalue weighted by Gasteiger charge is 2.10. The molecule has 0 aliphatic carbocycles. The van der Waals surface area contributed by atoms with Gasteiger partial charge in [0.1, 0.15) is 11.5 Å². The Bertz CT molecular complexity index is 703. The molecule has 2 aromatic rings. The topological polar surface area (TPSA) is 63.5 Å². The molecule has 0 aliphatic heterocycles. The summed E-state index contributed by atoms with van der Waals surface area (Å²) in [5, 5.41) is 4.95. The van der Waals surface area contributed by atoms with Gasteiger partial charge in [-0.15, -0.1) is 0 Å². The molecule has 120 valence electrons. The highest BCUT2D eigenvalue weighted by Crippen LogP contribution is 2.25. The van der Waals surface area contributed by atoms with Gasteiger partial charge in [0.25, 0.3) is 0 Å². The standard InChI is InChI=1S/C15H12F2N2O3S/c16-14(17)22-12-6-2-1-5-11(12)18-15(23)19-13(20)8-7-10-4-3-9-21-10/h1-9,14H,(H2,18,19,20,23). The zero-order valence-electron chi connectivity index (χ0n) is 11.7. The Morgan fingerprint density at radius 3 is 2.74 bits per heavy atom. The third kappa shape index (κ3) is 5.51. The maximum atomic E-state index is 12.3. The molecule has 0 aliphatic rings. The van der Waals surface area contributed by atoms with Crippen molar-refractivity contribution < 1.29 is 22.7 Å². The smallest absolute Gasteiger partial charge is 0.387 e. The van der Waals surface area contributed by atoms with Crippen LogP contribution in [0.2, 0.25) is 0 Å². The van der Waals surface area contributed by atoms with Gasteiger partial charge in [-0.25, -0.2) is 0 Å². The van der Waals surface area contributed by atoms with Crippen molar-refractivity contribution in [1.82, 2.24) is 5.32 Å². The van der Waals surface area contributed by atoms with Crippen LogP contribution in [0.3, 0.4) is 0 Å². The van der Waals surface area contributed by atoms with Crippen molar-refractivity contribution in [3.05, 3.63) is 54.5 Å². The lowest BCUT2D eigenvalue weighted by Gasteiger charge is -2.13. The third-order valence-electron chi connectivity index (χ3n) is 2.53. The second kappa shape index (κ2) is 8.04. The second-order valence-corrected chi connectivity index (χ2v) is 4.58. The summed E-state index contributed by atoms with van der Waals surface area (Å²) in [5.74, 6) is -0.0638. The average Bonchev–Trinajstić information content (AvgIpc) is 3.00. The number of nitrogens with one attached hydrogen (secondary N) is 2. The number of hydrogen-bond donors (Lipinski definition) is 2. The number of furan rings is 1. The molecule has 2 rings (SSSR count). The predicted molar refractivity (Wildman–Crippen MR) is 85.2 cm³/mol. The Labute approximate surface area is 135 Å². The Balaban J connectivity index is 1.93. The number of rotatable bonds is 5. The fraction of sp³-hybridized carbons (Fsp3) is 0.0667. The van der Waals surface area contributed by atoms with E-state index in [9.17, 15) is 13.6 Å². The van der Waals surface area contributed by atoms with E-state index in [1.54, 1.807) is 18.2 Å². The summed E-state index contributed by atoms with van der Waals surface area (Å²) in [6, 6.07) is 9.37. The van der Waals surface area contributed by atoms with E-state index in [2.05, 4.69) is 15.4 Å². The summed E-state index contributed by atoms with van der Waals surface area (Å²) in [5.41, 5.74) is 0.216. The number of benzene rings is 1. The molecule has 1 amide bonds. The molecule has 0 atom stereocenters. The van der Waals surface area contributed by atoms with Crippen LogP contribution in [0.5, 0.6) is 5.75 Å². The first-order valence-corrected chi connectivity index (χ1v) is 6.83. The summed E-state index contributed by atoms with van der Waals surface area (Å²) >= 11 is 4.96. The molecule has 23 heavy (non-hydrogen) atoms. The fourth-order valence-corrected chi connectivity index (χ4v) is 1.83. The van der Waals surface area contributed by atoms with Gasteiger partial charge in [0.2, 0.25) is 5.91 Å². The number of para-hydroxylation sites is 2. The molecular weight excluding hydrogens is 326 g/mol. The molecule has 0 unspecified atom stereocenters. The minimum absolute atomic E-state index is 0.0515. The van der Waals surface area contributed by atoms with E-state index in [1.165, 1.54) is 36.6 Å². The zero-order valence-corrected chi connectivity index (χ0v) is 12.5. The first-order chi connectivity index (χ1) is 11.0. The van der Waals surface area contributed by atoms with Crippen molar-refractivity contribution in [2.45, 2.75) is 6.61 Å². The van der Waals surface area contributed by atoms with Crippen LogP contribution in [0.1, 0.15) is 5.76 Å². The highest BCUT2D eigenvalue weighted by atomic mass is 32.1. The molecule has 1 aromatic heterocycles. The minimum atomic E-state index is -2.96. The third-order valence-corrected chi connectivity index (χ3v) is 2.73. The number of ether oxygens (including phenoxy) is 1. The lowest BCUT2D eigenvalue weighted by molar-refractivity contribution is -0.115. The largest absolute Gasteiger partial charge is 0.465 e. The normalized spacial score (nSPS) is 10.7. The van der Waals surface area contributed by atoms with Gasteiger partial charge in [-0.1, -0.05) is 12.1 Å². The summed E-state index contributed by atoms with van der Waals surface area (Å²) in [6.07, 6.45) is 4.17. The van der Waals surface area contributed by atoms with E-state index in [-0.39, 0.29) is 16.5 Å². The molecule has 1 aromatic carbocycles. The first kappa shape index (κ1) is 16.6. The van der Waals surface area contributed by atoms with Crippen LogP contribution in [0.15, 0.2) is 53.2 Å². The fourth-order valence-electron chi connectivity index (χ4n) is 1.62. The van der Waals surface area contributed by atoms with E-state index in [4.69, 9.17) is 16.6 Å². The van der Waals surface area contributed by atoms with Crippen molar-refractivity contribution >= 4 is 35.0 Å². The zero-order chi connectivity index (χ0) is 16.7. The molecule has 0 bridgehead atoms. The molecule has 0 saturated carbocycles. The number of carbonyl (C=O) groups is 1. The monoisotopic (exact) mass is 338 g/mol. The summed E-state index contributed by atoms with van der Waals surface area (Å²) < 4.78 is 34.0. The number of carbonyl (C=O) groups excluding carboxylic acids is 1. The van der Waals surface area contributed by atoms with Gasteiger partial charge in [0.05, 0.1) is 12.0 Å². The van der Waals surface area contributed by atoms with Gasteiger partial charge in [-0.3, -0.25) is 10.1 Å². The van der Waals surface area contributed by atoms with Crippen LogP contribution >= 0.6 is 12.2 Å². The molecule has 0 radical (unpaired) electrons. The molecule has 2 N–H and O–H groups in total. The van der Waals surface area contributed by atoms with Gasteiger partial charge in [-0.2, -0.15) is 8.78 Å². The number of anilines is 1. The van der Waals surface area contributed by atoms with Gasteiger partial charge in [-0.05, 0) is 42.6 Å². The first-order valence-electron chi connectivity index (χ1n) is 6.42. The highest BCUT2D eigenvalue weighted by molar-refractivity contribution is 7.80. The van der Waals surface area contributed by atoms with Crippen LogP contribution in [0.25, 0.3) is 6.08 Å². The van der Waals surface area contributed by atoms with Crippen molar-refractivity contribution in [3.8, 4) is 5.75 Å². The average molecular weight is 338 g/mol. The maximum Gasteiger partial charge on any atom is 0.387 e. The number of thiocarbonyl (C=S) groups is 1. The van der Waals surface area contributed by atoms with Gasteiger partial charge < -0.3 is 14.5 Å². The molecule has 0 spiro atoms. The Hall–Kier alpha value is -2.74. The van der Waals surface area contributed by atoms with Crippen LogP contribution in [0.4, 0.5) is 14.5 Å². The lowest BCUT2D eigenvalue weighted by atomic mass is 10.3. The number of alkyl halides is 2. The number of halogens is 2. The van der Waals surface area contributed by atoms with Crippen molar-refractivity contribution in [2.75, 3.05) is 5.32 Å². The van der Waals surface area contributed by atoms with Crippen molar-refractivity contribution in [2.24, 2.45) is 0 Å². The molecule has 8 heteroatoms. The van der Waals surface area contributed by atoms with E-state index in [0.29, 0.717) is 5.76 Å². The van der Waals surface area contributed by atoms with E-state index < -0.39 is 12.5 Å². The Morgan fingerprint density at radius 1 is 1.26 bits per heavy atom. The summed E-state index contributed by atoms with van der Waals surface area (Å²) in [7, 11) is 0. The summed E-state index contributed by atoms with van der Waals surface area (Å²) in [4.78, 5) is 11.7. The van der Waals surface area contributed by atoms with E-state index in [1.807, 2.05) is 0 Å². The Kier molecular flexibility index (Phi) is 5.81. The minimum Gasteiger partial charge on any atom is -0.465 e. The molecule has 0 fully saturated rings. The van der Waals surface area contributed by atoms with E-state index in [0.717, 1.165) is 0 Å². The van der Waals surface area contributed by atoms with E-state index >= 15 is 0 Å². The molecule has 0 saturated heterocycles. The van der Waals surface area contributed by atoms with Crippen LogP contribution < -0.4 is 15.4 Å². The van der Waals surface area contributed by atoms with Crippen molar-refractivity contribution in [3.63, 3.8) is 0 Å². The van der Waals surface area contributed by atoms with Crippen LogP contribution in [-0.2, 0) is 4.79 Å². The number of hydrogen-bond acceptors (Lipinski definition) is 4. The van der Waals surface area contributed by atoms with Crippen LogP contribution in [-0.4, -0.2) is 17.6 Å².